The molecular formula is C14H22N2O2. The van der Waals surface area contributed by atoms with Crippen molar-refractivity contribution in [2.45, 2.75) is 39.3 Å². The van der Waals surface area contributed by atoms with E-state index in [-0.39, 0.29) is 18.0 Å². The molecule has 1 aromatic carbocycles. The second-order valence-corrected chi connectivity index (χ2v) is 4.43. The van der Waals surface area contributed by atoms with E-state index in [1.165, 1.54) is 0 Å². The maximum absolute atomic E-state index is 11.0. The number of carbonyl (C=O) groups excluding carboxylic acids is 1. The number of primary amides is 1. The Kier molecular flexibility index (Phi) is 5.65. The van der Waals surface area contributed by atoms with Crippen LogP contribution >= 0.6 is 0 Å². The van der Waals surface area contributed by atoms with Crippen LogP contribution in [0.1, 0.15) is 38.8 Å². The molecule has 0 radical (unpaired) electrons. The Morgan fingerprint density at radius 2 is 1.94 bits per heavy atom. The predicted octanol–water partition coefficient (Wildman–Crippen LogP) is 2.00. The molecule has 0 aliphatic rings. The lowest BCUT2D eigenvalue weighted by atomic mass is 10.1. The van der Waals surface area contributed by atoms with Crippen LogP contribution in [0.25, 0.3) is 0 Å². The van der Waals surface area contributed by atoms with E-state index >= 15 is 0 Å². The lowest BCUT2D eigenvalue weighted by Gasteiger charge is -2.18. The molecule has 0 saturated carbocycles. The Morgan fingerprint density at radius 1 is 1.33 bits per heavy atom. The highest BCUT2D eigenvalue weighted by molar-refractivity contribution is 5.79. The van der Waals surface area contributed by atoms with E-state index in [4.69, 9.17) is 10.5 Å². The van der Waals surface area contributed by atoms with E-state index in [9.17, 15) is 4.79 Å². The van der Waals surface area contributed by atoms with Gasteiger partial charge in [0, 0.05) is 6.04 Å². The fourth-order valence-electron chi connectivity index (χ4n) is 1.63. The third-order valence-electron chi connectivity index (χ3n) is 2.78. The zero-order valence-electron chi connectivity index (χ0n) is 11.3. The second-order valence-electron chi connectivity index (χ2n) is 4.43. The Morgan fingerprint density at radius 3 is 2.44 bits per heavy atom. The van der Waals surface area contributed by atoms with E-state index in [0.717, 1.165) is 24.3 Å². The number of rotatable bonds is 7. The summed E-state index contributed by atoms with van der Waals surface area (Å²) >= 11 is 0. The minimum Gasteiger partial charge on any atom is -0.494 e. The molecule has 0 saturated heterocycles. The molecule has 1 aromatic rings. The van der Waals surface area contributed by atoms with E-state index in [2.05, 4.69) is 12.2 Å². The van der Waals surface area contributed by atoms with Gasteiger partial charge in [-0.2, -0.15) is 0 Å². The van der Waals surface area contributed by atoms with E-state index < -0.39 is 0 Å². The summed E-state index contributed by atoms with van der Waals surface area (Å²) in [6.07, 6.45) is 0.996. The van der Waals surface area contributed by atoms with Gasteiger partial charge in [-0.1, -0.05) is 19.1 Å². The predicted molar refractivity (Wildman–Crippen MR) is 72.4 cm³/mol. The lowest BCUT2D eigenvalue weighted by Crippen LogP contribution is -2.39. The molecule has 4 nitrogen and oxygen atoms in total. The van der Waals surface area contributed by atoms with Crippen molar-refractivity contribution in [3.8, 4) is 5.75 Å². The molecule has 2 atom stereocenters. The Bertz CT molecular complexity index is 376. The first-order chi connectivity index (χ1) is 8.54. The van der Waals surface area contributed by atoms with Crippen molar-refractivity contribution in [3.05, 3.63) is 29.8 Å². The molecule has 0 bridgehead atoms. The smallest absolute Gasteiger partial charge is 0.234 e. The lowest BCUT2D eigenvalue weighted by molar-refractivity contribution is -0.119. The third-order valence-corrected chi connectivity index (χ3v) is 2.78. The van der Waals surface area contributed by atoms with Crippen molar-refractivity contribution in [3.63, 3.8) is 0 Å². The van der Waals surface area contributed by atoms with Crippen molar-refractivity contribution in [1.82, 2.24) is 5.32 Å². The van der Waals surface area contributed by atoms with Gasteiger partial charge >= 0.3 is 0 Å². The van der Waals surface area contributed by atoms with Crippen LogP contribution in [0.3, 0.4) is 0 Å². The maximum atomic E-state index is 11.0. The van der Waals surface area contributed by atoms with Crippen molar-refractivity contribution < 1.29 is 9.53 Å². The van der Waals surface area contributed by atoms with Gasteiger partial charge in [0.05, 0.1) is 12.6 Å². The molecular weight excluding hydrogens is 228 g/mol. The topological polar surface area (TPSA) is 64.3 Å². The SMILES string of the molecule is CCCOc1ccc(C(C)NC(C)C(N)=O)cc1. The number of amides is 1. The summed E-state index contributed by atoms with van der Waals surface area (Å²) in [7, 11) is 0. The van der Waals surface area contributed by atoms with Gasteiger partial charge in [-0.05, 0) is 38.0 Å². The average molecular weight is 250 g/mol. The molecule has 0 heterocycles. The van der Waals surface area contributed by atoms with Crippen LogP contribution in [-0.4, -0.2) is 18.6 Å². The quantitative estimate of drug-likeness (QED) is 0.778. The monoisotopic (exact) mass is 250 g/mol. The largest absolute Gasteiger partial charge is 0.494 e. The Balaban J connectivity index is 2.58. The number of nitrogens with two attached hydrogens (primary N) is 1. The van der Waals surface area contributed by atoms with Crippen molar-refractivity contribution >= 4 is 5.91 Å². The fraction of sp³-hybridized carbons (Fsp3) is 0.500. The summed E-state index contributed by atoms with van der Waals surface area (Å²) in [5.74, 6) is 0.528. The molecule has 2 unspecified atom stereocenters. The minimum absolute atomic E-state index is 0.0766. The molecule has 100 valence electrons. The van der Waals surface area contributed by atoms with Gasteiger partial charge < -0.3 is 10.5 Å². The summed E-state index contributed by atoms with van der Waals surface area (Å²) in [6.45, 7) is 6.57. The minimum atomic E-state index is -0.343. The summed E-state index contributed by atoms with van der Waals surface area (Å²) < 4.78 is 5.51. The standard InChI is InChI=1S/C14H22N2O2/c1-4-9-18-13-7-5-12(6-8-13)10(2)16-11(3)14(15)17/h5-8,10-11,16H,4,9H2,1-3H3,(H2,15,17). The first-order valence-electron chi connectivity index (χ1n) is 6.32. The molecule has 0 fully saturated rings. The summed E-state index contributed by atoms with van der Waals surface area (Å²) in [5, 5.41) is 3.14. The highest BCUT2D eigenvalue weighted by Crippen LogP contribution is 2.18. The van der Waals surface area contributed by atoms with Gasteiger partial charge in [0.25, 0.3) is 0 Å². The van der Waals surface area contributed by atoms with E-state index in [1.54, 1.807) is 6.92 Å². The van der Waals surface area contributed by atoms with Crippen LogP contribution in [-0.2, 0) is 4.79 Å². The molecule has 3 N–H and O–H groups in total. The molecule has 0 aliphatic carbocycles. The number of hydrogen-bond acceptors (Lipinski definition) is 3. The molecule has 18 heavy (non-hydrogen) atoms. The highest BCUT2D eigenvalue weighted by atomic mass is 16.5. The second kappa shape index (κ2) is 7.01. The van der Waals surface area contributed by atoms with Gasteiger partial charge in [-0.25, -0.2) is 0 Å². The molecule has 4 heteroatoms. The van der Waals surface area contributed by atoms with Crippen LogP contribution in [0.5, 0.6) is 5.75 Å². The van der Waals surface area contributed by atoms with Crippen molar-refractivity contribution in [1.29, 1.82) is 0 Å². The highest BCUT2D eigenvalue weighted by Gasteiger charge is 2.13. The zero-order chi connectivity index (χ0) is 13.5. The summed E-state index contributed by atoms with van der Waals surface area (Å²) in [4.78, 5) is 11.0. The first kappa shape index (κ1) is 14.5. The number of hydrogen-bond donors (Lipinski definition) is 2. The van der Waals surface area contributed by atoms with Crippen LogP contribution < -0.4 is 15.8 Å². The number of ether oxygens (including phenoxy) is 1. The van der Waals surface area contributed by atoms with Gasteiger partial charge in [0.15, 0.2) is 0 Å². The number of carbonyl (C=O) groups is 1. The van der Waals surface area contributed by atoms with Gasteiger partial charge in [0.1, 0.15) is 5.75 Å². The Labute approximate surface area is 109 Å². The van der Waals surface area contributed by atoms with Crippen LogP contribution in [0, 0.1) is 0 Å². The maximum Gasteiger partial charge on any atom is 0.234 e. The molecule has 0 aromatic heterocycles. The van der Waals surface area contributed by atoms with Crippen LogP contribution in [0.15, 0.2) is 24.3 Å². The van der Waals surface area contributed by atoms with Gasteiger partial charge in [-0.15, -0.1) is 0 Å². The number of nitrogens with one attached hydrogen (secondary N) is 1. The average Bonchev–Trinajstić information content (AvgIpc) is 2.36. The Hall–Kier alpha value is -1.55. The van der Waals surface area contributed by atoms with Crippen molar-refractivity contribution in [2.75, 3.05) is 6.61 Å². The van der Waals surface area contributed by atoms with Gasteiger partial charge in [-0.3, -0.25) is 10.1 Å². The van der Waals surface area contributed by atoms with Crippen LogP contribution in [0.2, 0.25) is 0 Å². The summed E-state index contributed by atoms with van der Waals surface area (Å²) in [6, 6.07) is 7.62. The molecule has 0 aliphatic heterocycles. The fourth-order valence-corrected chi connectivity index (χ4v) is 1.63. The van der Waals surface area contributed by atoms with E-state index in [0.29, 0.717) is 0 Å². The molecule has 1 rings (SSSR count). The molecule has 0 spiro atoms. The number of benzene rings is 1. The van der Waals surface area contributed by atoms with E-state index in [1.807, 2.05) is 31.2 Å². The third kappa shape index (κ3) is 4.37. The van der Waals surface area contributed by atoms with Gasteiger partial charge in [0.2, 0.25) is 5.91 Å². The molecule has 1 amide bonds. The first-order valence-corrected chi connectivity index (χ1v) is 6.32. The van der Waals surface area contributed by atoms with Crippen LogP contribution in [0.4, 0.5) is 0 Å². The summed E-state index contributed by atoms with van der Waals surface area (Å²) in [5.41, 5.74) is 6.32. The zero-order valence-corrected chi connectivity index (χ0v) is 11.3. The van der Waals surface area contributed by atoms with Crippen molar-refractivity contribution in [2.24, 2.45) is 5.73 Å². The normalized spacial score (nSPS) is 13.9.